The summed E-state index contributed by atoms with van der Waals surface area (Å²) in [5.74, 6) is 2.22. The Morgan fingerprint density at radius 2 is 1.39 bits per heavy atom. The Hall–Kier alpha value is -5.39. The first-order chi connectivity index (χ1) is 34.3. The van der Waals surface area contributed by atoms with E-state index in [0.29, 0.717) is 17.8 Å². The molecule has 0 bridgehead atoms. The van der Waals surface area contributed by atoms with E-state index >= 15 is 0 Å². The number of hydrogen-bond acceptors (Lipinski definition) is 3. The normalized spacial score (nSPS) is 15.5. The number of hydrogen-bond donors (Lipinski definition) is 0. The van der Waals surface area contributed by atoms with Crippen molar-refractivity contribution in [2.75, 3.05) is 0 Å². The first kappa shape index (κ1) is 47.0. The fourth-order valence-corrected chi connectivity index (χ4v) is 12.4. The standard InChI is InChI=1S/C43H41N2O.C21H28NSi.Ir/c1-27(2)36-24-32(30-16-9-6-10-17-30)25-37(28(3)4)41(36)45-39-21-12-11-20-38(39)44-43(45)35-19-13-18-34-33-23-22-31(26-40(33)46-42(34)35)29-14-7-5-8-15-29;1-23(2,3)21-16-22-20(18-12-8-5-9-13-18)15-19(21)14-17-10-6-4-7-11-17;/h6,9-13,16-18,20-29H,5,7-8,14-15H2,1-4H3;5,8-9,12,15-17H,4,6-7,10-11,14H2,1-3H3;/q2*-1;/i;14D2;. The molecule has 6 aromatic carbocycles. The maximum Gasteiger partial charge on any atom is 0.121 e. The van der Waals surface area contributed by atoms with Crippen molar-refractivity contribution in [3.8, 4) is 39.5 Å². The van der Waals surface area contributed by atoms with Crippen LogP contribution in [-0.4, -0.2) is 22.6 Å². The molecule has 4 nitrogen and oxygen atoms in total. The van der Waals surface area contributed by atoms with Crippen LogP contribution in [0, 0.1) is 18.1 Å². The molecule has 0 aliphatic heterocycles. The summed E-state index contributed by atoms with van der Waals surface area (Å²) in [5, 5.41) is 3.43. The molecule has 3 aromatic heterocycles. The molecular formula is C64H69IrN3OSi-2. The van der Waals surface area contributed by atoms with Crippen molar-refractivity contribution < 1.29 is 27.3 Å². The predicted molar refractivity (Wildman–Crippen MR) is 294 cm³/mol. The number of aromatic nitrogens is 3. The summed E-state index contributed by atoms with van der Waals surface area (Å²) in [6.45, 7) is 16.0. The van der Waals surface area contributed by atoms with Crippen LogP contribution in [0.2, 0.25) is 19.6 Å². The minimum absolute atomic E-state index is 0. The Kier molecular flexibility index (Phi) is 14.4. The van der Waals surface area contributed by atoms with Gasteiger partial charge in [-0.3, -0.25) is 4.98 Å². The van der Waals surface area contributed by atoms with Gasteiger partial charge in [0.2, 0.25) is 0 Å². The van der Waals surface area contributed by atoms with Gasteiger partial charge < -0.3 is 14.0 Å². The van der Waals surface area contributed by atoms with E-state index in [1.807, 2.05) is 42.6 Å². The number of pyridine rings is 1. The number of rotatable bonds is 10. The van der Waals surface area contributed by atoms with Crippen molar-refractivity contribution in [3.05, 3.63) is 168 Å². The Morgan fingerprint density at radius 3 is 2.07 bits per heavy atom. The maximum absolute atomic E-state index is 8.99. The van der Waals surface area contributed by atoms with E-state index in [9.17, 15) is 0 Å². The number of imidazole rings is 1. The second-order valence-corrected chi connectivity index (χ2v) is 26.4. The molecule has 3 heterocycles. The van der Waals surface area contributed by atoms with Gasteiger partial charge in [0, 0.05) is 40.1 Å². The molecule has 1 radical (unpaired) electrons. The molecular weight excluding hydrogens is 1050 g/mol. The second-order valence-electron chi connectivity index (χ2n) is 21.3. The molecule has 11 rings (SSSR count). The average Bonchev–Trinajstić information content (AvgIpc) is 3.97. The van der Waals surface area contributed by atoms with Gasteiger partial charge in [0.15, 0.2) is 0 Å². The molecule has 2 saturated carbocycles. The second kappa shape index (κ2) is 21.5. The van der Waals surface area contributed by atoms with Gasteiger partial charge in [0.1, 0.15) is 5.58 Å². The van der Waals surface area contributed by atoms with Crippen molar-refractivity contribution >= 4 is 46.2 Å². The number of fused-ring (bicyclic) bond motifs is 4. The summed E-state index contributed by atoms with van der Waals surface area (Å²) >= 11 is 0. The molecule has 0 atom stereocenters. The molecule has 0 saturated heterocycles. The minimum Gasteiger partial charge on any atom is -0.501 e. The molecule has 2 aliphatic rings. The largest absolute Gasteiger partial charge is 0.501 e. The zero-order valence-corrected chi connectivity index (χ0v) is 45.6. The Bertz CT molecular complexity index is 3280. The van der Waals surface area contributed by atoms with E-state index in [4.69, 9.17) is 12.1 Å². The summed E-state index contributed by atoms with van der Waals surface area (Å²) in [5.41, 5.74) is 15.2. The van der Waals surface area contributed by atoms with Crippen LogP contribution in [0.4, 0.5) is 0 Å². The Balaban J connectivity index is 0.000000209. The SMILES string of the molecule is CC(C)c1cc(-c2ccccc2)cc(C(C)C)c1-n1c(-c2[c-]ccc3c2oc2cc(C4CCCCC4)ccc23)nc2ccccc21.[2H]C([2H])(c1cc(-c2[c-]cccc2)ncc1[Si](C)(C)C)C1CCCCC1.[Ir]. The molecule has 6 heteroatoms. The molecule has 361 valence electrons. The molecule has 0 amide bonds. The van der Waals surface area contributed by atoms with Gasteiger partial charge in [-0.15, -0.1) is 54.1 Å². The van der Waals surface area contributed by atoms with Crippen LogP contribution in [0.25, 0.3) is 72.4 Å². The first-order valence-electron chi connectivity index (χ1n) is 26.8. The van der Waals surface area contributed by atoms with Crippen LogP contribution in [0.5, 0.6) is 0 Å². The smallest absolute Gasteiger partial charge is 0.121 e. The molecule has 2 aliphatic carbocycles. The monoisotopic (exact) mass is 1120 g/mol. The van der Waals surface area contributed by atoms with Crippen LogP contribution < -0.4 is 5.19 Å². The zero-order chi connectivity index (χ0) is 49.4. The summed E-state index contributed by atoms with van der Waals surface area (Å²) in [4.78, 5) is 10.00. The van der Waals surface area contributed by atoms with E-state index in [2.05, 4.69) is 160 Å². The minimum atomic E-state index is -1.69. The number of benzene rings is 6. The fraction of sp³-hybridized carbons (Fsp3) is 0.344. The van der Waals surface area contributed by atoms with E-state index in [1.54, 1.807) is 0 Å². The van der Waals surface area contributed by atoms with Crippen LogP contribution in [0.15, 0.2) is 138 Å². The number of para-hydroxylation sites is 2. The van der Waals surface area contributed by atoms with Crippen LogP contribution in [0.1, 0.15) is 135 Å². The third kappa shape index (κ3) is 10.3. The molecule has 0 spiro atoms. The Labute approximate surface area is 434 Å². The number of furan rings is 1. The van der Waals surface area contributed by atoms with Crippen molar-refractivity contribution in [2.45, 2.75) is 136 Å². The van der Waals surface area contributed by atoms with Crippen LogP contribution in [-0.2, 0) is 26.5 Å². The van der Waals surface area contributed by atoms with Crippen molar-refractivity contribution in [2.24, 2.45) is 5.92 Å². The molecule has 9 aromatic rings. The van der Waals surface area contributed by atoms with E-state index < -0.39 is 14.4 Å². The maximum atomic E-state index is 8.99. The van der Waals surface area contributed by atoms with Gasteiger partial charge in [-0.25, -0.2) is 0 Å². The van der Waals surface area contributed by atoms with E-state index in [1.165, 1.54) is 72.0 Å². The summed E-state index contributed by atoms with van der Waals surface area (Å²) in [6.07, 6.45) is 12.7. The third-order valence-electron chi connectivity index (χ3n) is 14.7. The van der Waals surface area contributed by atoms with Gasteiger partial charge in [-0.2, -0.15) is 0 Å². The van der Waals surface area contributed by atoms with Crippen molar-refractivity contribution in [3.63, 3.8) is 0 Å². The van der Waals surface area contributed by atoms with Gasteiger partial charge in [-0.1, -0.05) is 176 Å². The summed E-state index contributed by atoms with van der Waals surface area (Å²) in [7, 11) is -1.69. The molecule has 0 N–H and O–H groups in total. The first-order valence-corrected chi connectivity index (χ1v) is 29.3. The molecule has 2 fully saturated rings. The van der Waals surface area contributed by atoms with Crippen molar-refractivity contribution in [1.29, 1.82) is 0 Å². The Morgan fingerprint density at radius 1 is 0.700 bits per heavy atom. The number of nitrogens with zero attached hydrogens (tertiary/aromatic N) is 3. The average molecular weight is 1120 g/mol. The van der Waals surface area contributed by atoms with Gasteiger partial charge in [0.05, 0.1) is 30.5 Å². The third-order valence-corrected chi connectivity index (χ3v) is 16.7. The predicted octanol–water partition coefficient (Wildman–Crippen LogP) is 17.6. The van der Waals surface area contributed by atoms with Crippen LogP contribution >= 0.6 is 0 Å². The summed E-state index contributed by atoms with van der Waals surface area (Å²) in [6, 6.07) is 51.7. The zero-order valence-electron chi connectivity index (χ0n) is 44.2. The quantitative estimate of drug-likeness (QED) is 0.101. The summed E-state index contributed by atoms with van der Waals surface area (Å²) < 4.78 is 27.2. The van der Waals surface area contributed by atoms with Crippen LogP contribution in [0.3, 0.4) is 0 Å². The van der Waals surface area contributed by atoms with Gasteiger partial charge in [0.25, 0.3) is 0 Å². The fourth-order valence-electron chi connectivity index (χ4n) is 11.0. The van der Waals surface area contributed by atoms with E-state index in [-0.39, 0.29) is 26.0 Å². The molecule has 0 unspecified atom stereocenters. The van der Waals surface area contributed by atoms with E-state index in [0.717, 1.165) is 92.1 Å². The van der Waals surface area contributed by atoms with Crippen molar-refractivity contribution in [1.82, 2.24) is 14.5 Å². The molecule has 70 heavy (non-hydrogen) atoms. The topological polar surface area (TPSA) is 43.9 Å². The van der Waals surface area contributed by atoms with Gasteiger partial charge in [-0.05, 0) is 112 Å². The van der Waals surface area contributed by atoms with Gasteiger partial charge >= 0.3 is 0 Å².